The van der Waals surface area contributed by atoms with Gasteiger partial charge in [0.05, 0.1) is 13.2 Å². The van der Waals surface area contributed by atoms with E-state index >= 15 is 0 Å². The zero-order valence-electron chi connectivity index (χ0n) is 16.9. The molecule has 0 saturated heterocycles. The van der Waals surface area contributed by atoms with Crippen LogP contribution in [0.2, 0.25) is 0 Å². The number of hydrogen-bond donors (Lipinski definition) is 2. The molecular formula is C22H45NO2. The normalized spacial score (nSPS) is 11.5. The molecular weight excluding hydrogens is 310 g/mol. The molecule has 3 nitrogen and oxygen atoms in total. The molecule has 0 aliphatic heterocycles. The Hall–Kier alpha value is -0.540. The minimum Gasteiger partial charge on any atom is -0.395 e. The molecule has 0 aliphatic carbocycles. The summed E-state index contributed by atoms with van der Waals surface area (Å²) < 4.78 is 0. The highest BCUT2D eigenvalue weighted by molar-refractivity contribution is 4.82. The molecule has 0 aromatic carbocycles. The second-order valence-electron chi connectivity index (χ2n) is 7.25. The number of rotatable bonds is 20. The van der Waals surface area contributed by atoms with E-state index in [9.17, 15) is 0 Å². The Kier molecular flexibility index (Phi) is 21.0. The van der Waals surface area contributed by atoms with E-state index < -0.39 is 0 Å². The molecule has 0 amide bonds. The lowest BCUT2D eigenvalue weighted by Crippen LogP contribution is -2.24. The van der Waals surface area contributed by atoms with Crippen LogP contribution >= 0.6 is 0 Å². The van der Waals surface area contributed by atoms with E-state index in [2.05, 4.69) is 13.0 Å². The third-order valence-corrected chi connectivity index (χ3v) is 4.81. The molecule has 0 unspecified atom stereocenters. The predicted molar refractivity (Wildman–Crippen MR) is 110 cm³/mol. The topological polar surface area (TPSA) is 43.7 Å². The van der Waals surface area contributed by atoms with Gasteiger partial charge in [0.1, 0.15) is 0 Å². The average molecular weight is 356 g/mol. The maximum atomic E-state index is 8.94. The highest BCUT2D eigenvalue weighted by Crippen LogP contribution is 2.13. The second-order valence-corrected chi connectivity index (χ2v) is 7.25. The summed E-state index contributed by atoms with van der Waals surface area (Å²) in [5.41, 5.74) is 0. The Morgan fingerprint density at radius 1 is 0.600 bits per heavy atom. The molecule has 0 fully saturated rings. The zero-order chi connectivity index (χ0) is 18.4. The van der Waals surface area contributed by atoms with Crippen molar-refractivity contribution in [1.82, 2.24) is 4.90 Å². The fourth-order valence-electron chi connectivity index (χ4n) is 3.20. The van der Waals surface area contributed by atoms with Crippen molar-refractivity contribution in [3.8, 4) is 0 Å². The summed E-state index contributed by atoms with van der Waals surface area (Å²) in [6, 6.07) is 0. The Morgan fingerprint density at radius 2 is 1.00 bits per heavy atom. The van der Waals surface area contributed by atoms with Crippen LogP contribution in [0, 0.1) is 0 Å². The molecule has 0 atom stereocenters. The highest BCUT2D eigenvalue weighted by Gasteiger charge is 1.96. The number of nitrogens with zero attached hydrogens (tertiary/aromatic N) is 1. The molecule has 25 heavy (non-hydrogen) atoms. The van der Waals surface area contributed by atoms with Crippen molar-refractivity contribution >= 4 is 0 Å². The van der Waals surface area contributed by atoms with Crippen LogP contribution in [0.15, 0.2) is 12.3 Å². The first-order valence-corrected chi connectivity index (χ1v) is 11.0. The Balaban J connectivity index is 3.23. The van der Waals surface area contributed by atoms with Crippen LogP contribution < -0.4 is 0 Å². The van der Waals surface area contributed by atoms with Crippen molar-refractivity contribution in [2.45, 2.75) is 103 Å². The van der Waals surface area contributed by atoms with Gasteiger partial charge in [-0.1, -0.05) is 96.5 Å². The van der Waals surface area contributed by atoms with Gasteiger partial charge in [-0.3, -0.25) is 0 Å². The third kappa shape index (κ3) is 19.6. The minimum atomic E-state index is 0.142. The van der Waals surface area contributed by atoms with Crippen molar-refractivity contribution in [2.75, 3.05) is 26.3 Å². The maximum absolute atomic E-state index is 8.94. The van der Waals surface area contributed by atoms with Gasteiger partial charge in [0.2, 0.25) is 0 Å². The fourth-order valence-corrected chi connectivity index (χ4v) is 3.20. The second kappa shape index (κ2) is 21.5. The summed E-state index contributed by atoms with van der Waals surface area (Å²) in [4.78, 5) is 1.98. The van der Waals surface area contributed by atoms with Crippen LogP contribution in [0.25, 0.3) is 0 Å². The van der Waals surface area contributed by atoms with Crippen LogP contribution in [0.3, 0.4) is 0 Å². The molecule has 2 N–H and O–H groups in total. The van der Waals surface area contributed by atoms with Gasteiger partial charge in [-0.25, -0.2) is 0 Å². The van der Waals surface area contributed by atoms with E-state index in [0.717, 1.165) is 6.42 Å². The fraction of sp³-hybridized carbons (Fsp3) is 0.909. The summed E-state index contributed by atoms with van der Waals surface area (Å²) in [5, 5.41) is 17.9. The van der Waals surface area contributed by atoms with Crippen molar-refractivity contribution in [2.24, 2.45) is 0 Å². The Morgan fingerprint density at radius 3 is 1.40 bits per heavy atom. The Labute approximate surface area is 157 Å². The van der Waals surface area contributed by atoms with Crippen LogP contribution in [-0.2, 0) is 0 Å². The minimum absolute atomic E-state index is 0.142. The lowest BCUT2D eigenvalue weighted by molar-refractivity contribution is 0.198. The summed E-state index contributed by atoms with van der Waals surface area (Å²) in [6.45, 7) is 3.78. The number of aliphatic hydroxyl groups excluding tert-OH is 2. The van der Waals surface area contributed by atoms with Gasteiger partial charge in [0.15, 0.2) is 0 Å². The molecule has 3 heteroatoms. The zero-order valence-corrected chi connectivity index (χ0v) is 16.9. The quantitative estimate of drug-likeness (QED) is 0.277. The lowest BCUT2D eigenvalue weighted by atomic mass is 10.0. The summed E-state index contributed by atoms with van der Waals surface area (Å²) in [7, 11) is 0. The first-order valence-electron chi connectivity index (χ1n) is 11.0. The monoisotopic (exact) mass is 355 g/mol. The van der Waals surface area contributed by atoms with Gasteiger partial charge in [-0.05, 0) is 19.0 Å². The molecule has 0 aromatic rings. The maximum Gasteiger partial charge on any atom is 0.0606 e. The number of unbranched alkanes of at least 4 members (excludes halogenated alkanes) is 14. The van der Waals surface area contributed by atoms with E-state index in [4.69, 9.17) is 10.2 Å². The van der Waals surface area contributed by atoms with Crippen LogP contribution in [0.1, 0.15) is 103 Å². The molecule has 0 radical (unpaired) electrons. The standard InChI is InChI=1S/C22H45NO2/c1-2-3-4-5-6-7-8-9-10-11-12-13-14-15-16-17-18-23(19-21-24)20-22-25/h17-18,24-25H,2-16,19-22H2,1H3/b18-17+. The molecule has 0 saturated carbocycles. The number of hydrogen-bond acceptors (Lipinski definition) is 3. The molecule has 0 bridgehead atoms. The van der Waals surface area contributed by atoms with Crippen molar-refractivity contribution < 1.29 is 10.2 Å². The molecule has 0 spiro atoms. The molecule has 150 valence electrons. The Bertz CT molecular complexity index is 263. The predicted octanol–water partition coefficient (Wildman–Crippen LogP) is 5.66. The van der Waals surface area contributed by atoms with E-state index in [1.54, 1.807) is 0 Å². The third-order valence-electron chi connectivity index (χ3n) is 4.81. The SMILES string of the molecule is CCCCCCCCCCCCCCCC/C=C/N(CCO)CCO. The summed E-state index contributed by atoms with van der Waals surface area (Å²) in [5.74, 6) is 0. The van der Waals surface area contributed by atoms with E-state index in [1.165, 1.54) is 89.9 Å². The van der Waals surface area contributed by atoms with E-state index in [0.29, 0.717) is 13.1 Å². The summed E-state index contributed by atoms with van der Waals surface area (Å²) >= 11 is 0. The van der Waals surface area contributed by atoms with Gasteiger partial charge < -0.3 is 15.1 Å². The van der Waals surface area contributed by atoms with Gasteiger partial charge in [0.25, 0.3) is 0 Å². The van der Waals surface area contributed by atoms with Gasteiger partial charge in [0, 0.05) is 13.1 Å². The smallest absolute Gasteiger partial charge is 0.0606 e. The molecule has 0 aliphatic rings. The largest absolute Gasteiger partial charge is 0.395 e. The van der Waals surface area contributed by atoms with E-state index in [1.807, 2.05) is 11.1 Å². The summed E-state index contributed by atoms with van der Waals surface area (Å²) in [6.07, 6.45) is 24.9. The highest BCUT2D eigenvalue weighted by atomic mass is 16.3. The number of allylic oxidation sites excluding steroid dienone is 1. The molecule has 0 heterocycles. The van der Waals surface area contributed by atoms with Crippen molar-refractivity contribution in [1.29, 1.82) is 0 Å². The van der Waals surface area contributed by atoms with Gasteiger partial charge >= 0.3 is 0 Å². The first kappa shape index (κ1) is 24.5. The van der Waals surface area contributed by atoms with Crippen molar-refractivity contribution in [3.63, 3.8) is 0 Å². The molecule has 0 rings (SSSR count). The average Bonchev–Trinajstić information content (AvgIpc) is 2.61. The van der Waals surface area contributed by atoms with Crippen LogP contribution in [-0.4, -0.2) is 41.4 Å². The van der Waals surface area contributed by atoms with Crippen molar-refractivity contribution in [3.05, 3.63) is 12.3 Å². The lowest BCUT2D eigenvalue weighted by Gasteiger charge is -2.17. The van der Waals surface area contributed by atoms with Gasteiger partial charge in [-0.15, -0.1) is 0 Å². The van der Waals surface area contributed by atoms with Crippen LogP contribution in [0.5, 0.6) is 0 Å². The number of aliphatic hydroxyl groups is 2. The van der Waals surface area contributed by atoms with Crippen LogP contribution in [0.4, 0.5) is 0 Å². The first-order chi connectivity index (χ1) is 12.3. The van der Waals surface area contributed by atoms with Gasteiger partial charge in [-0.2, -0.15) is 0 Å². The van der Waals surface area contributed by atoms with E-state index in [-0.39, 0.29) is 13.2 Å². The molecule has 0 aromatic heterocycles.